The highest BCUT2D eigenvalue weighted by molar-refractivity contribution is 5.43. The molecule has 2 heterocycles. The van der Waals surface area contributed by atoms with Crippen LogP contribution in [0.3, 0.4) is 0 Å². The normalized spacial score (nSPS) is 19.9. The highest BCUT2D eigenvalue weighted by Crippen LogP contribution is 2.21. The third kappa shape index (κ3) is 2.08. The lowest BCUT2D eigenvalue weighted by Gasteiger charge is -2.12. The molecule has 0 bridgehead atoms. The summed E-state index contributed by atoms with van der Waals surface area (Å²) >= 11 is 0. The molecule has 1 fully saturated rings. The molecule has 0 amide bonds. The van der Waals surface area contributed by atoms with Gasteiger partial charge in [-0.15, -0.1) is 0 Å². The van der Waals surface area contributed by atoms with Crippen LogP contribution in [0.25, 0.3) is 0 Å². The summed E-state index contributed by atoms with van der Waals surface area (Å²) in [6.45, 7) is 3.18. The number of hydrogen-bond donors (Lipinski definition) is 0. The monoisotopic (exact) mass is 204 g/mol. The minimum atomic E-state index is 0.0337. The third-order valence-electron chi connectivity index (χ3n) is 2.40. The molecule has 1 atom stereocenters. The van der Waals surface area contributed by atoms with Gasteiger partial charge in [0.15, 0.2) is 0 Å². The fourth-order valence-corrected chi connectivity index (χ4v) is 1.52. The van der Waals surface area contributed by atoms with E-state index in [4.69, 9.17) is 14.7 Å². The number of ether oxygens (including phenoxy) is 2. The predicted octanol–water partition coefficient (Wildman–Crippen LogP) is 1.43. The zero-order chi connectivity index (χ0) is 10.7. The molecule has 4 heteroatoms. The van der Waals surface area contributed by atoms with Crippen LogP contribution in [-0.4, -0.2) is 24.3 Å². The summed E-state index contributed by atoms with van der Waals surface area (Å²) in [5.74, 6) is 0.424. The molecule has 1 aliphatic heterocycles. The fourth-order valence-electron chi connectivity index (χ4n) is 1.52. The first kappa shape index (κ1) is 9.94. The van der Waals surface area contributed by atoms with Crippen LogP contribution >= 0.6 is 0 Å². The van der Waals surface area contributed by atoms with Crippen molar-refractivity contribution in [2.75, 3.05) is 13.2 Å². The van der Waals surface area contributed by atoms with E-state index in [9.17, 15) is 0 Å². The highest BCUT2D eigenvalue weighted by Gasteiger charge is 2.19. The van der Waals surface area contributed by atoms with E-state index in [-0.39, 0.29) is 6.10 Å². The Morgan fingerprint density at radius 2 is 2.53 bits per heavy atom. The molecule has 15 heavy (non-hydrogen) atoms. The Morgan fingerprint density at radius 1 is 1.67 bits per heavy atom. The lowest BCUT2D eigenvalue weighted by Crippen LogP contribution is -2.17. The van der Waals surface area contributed by atoms with Crippen molar-refractivity contribution in [2.45, 2.75) is 19.4 Å². The van der Waals surface area contributed by atoms with Gasteiger partial charge < -0.3 is 9.47 Å². The standard InChI is InChI=1S/C11H12N2O2/c1-8-2-4-13-11(10(8)6-12)15-9-3-5-14-7-9/h2,4,9H,3,5,7H2,1H3. The van der Waals surface area contributed by atoms with E-state index in [0.717, 1.165) is 18.6 Å². The van der Waals surface area contributed by atoms with Crippen LogP contribution in [0, 0.1) is 18.3 Å². The molecule has 1 unspecified atom stereocenters. The van der Waals surface area contributed by atoms with Crippen LogP contribution in [0.4, 0.5) is 0 Å². The Kier molecular flexibility index (Phi) is 2.84. The predicted molar refractivity (Wildman–Crippen MR) is 53.5 cm³/mol. The summed E-state index contributed by atoms with van der Waals surface area (Å²) in [6, 6.07) is 3.91. The van der Waals surface area contributed by atoms with Gasteiger partial charge in [0.1, 0.15) is 17.7 Å². The van der Waals surface area contributed by atoms with Gasteiger partial charge in [-0.1, -0.05) is 0 Å². The zero-order valence-electron chi connectivity index (χ0n) is 8.56. The largest absolute Gasteiger partial charge is 0.471 e. The van der Waals surface area contributed by atoms with E-state index in [1.165, 1.54) is 0 Å². The van der Waals surface area contributed by atoms with Crippen LogP contribution in [0.2, 0.25) is 0 Å². The minimum absolute atomic E-state index is 0.0337. The van der Waals surface area contributed by atoms with Crippen molar-refractivity contribution in [3.05, 3.63) is 23.4 Å². The van der Waals surface area contributed by atoms with Gasteiger partial charge in [-0.25, -0.2) is 4.98 Å². The molecule has 1 aromatic rings. The fraction of sp³-hybridized carbons (Fsp3) is 0.455. The third-order valence-corrected chi connectivity index (χ3v) is 2.40. The van der Waals surface area contributed by atoms with Crippen molar-refractivity contribution < 1.29 is 9.47 Å². The first-order valence-corrected chi connectivity index (χ1v) is 4.91. The second kappa shape index (κ2) is 4.28. The maximum atomic E-state index is 8.97. The second-order valence-corrected chi connectivity index (χ2v) is 3.52. The summed E-state index contributed by atoms with van der Waals surface area (Å²) in [7, 11) is 0. The number of pyridine rings is 1. The molecule has 4 nitrogen and oxygen atoms in total. The number of aromatic nitrogens is 1. The van der Waals surface area contributed by atoms with Gasteiger partial charge in [-0.05, 0) is 18.6 Å². The van der Waals surface area contributed by atoms with Crippen molar-refractivity contribution in [1.82, 2.24) is 4.98 Å². The van der Waals surface area contributed by atoms with Crippen LogP contribution in [0.15, 0.2) is 12.3 Å². The molecule has 0 saturated carbocycles. The molecule has 78 valence electrons. The van der Waals surface area contributed by atoms with E-state index < -0.39 is 0 Å². The number of nitriles is 1. The Balaban J connectivity index is 2.20. The Bertz CT molecular complexity index is 392. The second-order valence-electron chi connectivity index (χ2n) is 3.52. The Morgan fingerprint density at radius 3 is 3.20 bits per heavy atom. The number of aryl methyl sites for hydroxylation is 1. The molecule has 1 aromatic heterocycles. The quantitative estimate of drug-likeness (QED) is 0.731. The van der Waals surface area contributed by atoms with Crippen LogP contribution < -0.4 is 4.74 Å². The topological polar surface area (TPSA) is 55.1 Å². The smallest absolute Gasteiger partial charge is 0.232 e. The van der Waals surface area contributed by atoms with Gasteiger partial charge in [-0.3, -0.25) is 0 Å². The zero-order valence-corrected chi connectivity index (χ0v) is 8.56. The summed E-state index contributed by atoms with van der Waals surface area (Å²) in [5, 5.41) is 8.97. The molecule has 1 aliphatic rings. The molecule has 0 N–H and O–H groups in total. The Hall–Kier alpha value is -1.60. The Labute approximate surface area is 88.5 Å². The van der Waals surface area contributed by atoms with Crippen molar-refractivity contribution >= 4 is 0 Å². The van der Waals surface area contributed by atoms with Crippen molar-refractivity contribution in [1.29, 1.82) is 5.26 Å². The SMILES string of the molecule is Cc1ccnc(OC2CCOC2)c1C#N. The lowest BCUT2D eigenvalue weighted by molar-refractivity contribution is 0.138. The summed E-state index contributed by atoms with van der Waals surface area (Å²) in [4.78, 5) is 4.07. The first-order valence-electron chi connectivity index (χ1n) is 4.91. The average Bonchev–Trinajstić information content (AvgIpc) is 2.71. The molecule has 2 rings (SSSR count). The van der Waals surface area contributed by atoms with Crippen LogP contribution in [0.5, 0.6) is 5.88 Å². The lowest BCUT2D eigenvalue weighted by atomic mass is 10.2. The first-order chi connectivity index (χ1) is 7.31. The molecule has 0 aliphatic carbocycles. The highest BCUT2D eigenvalue weighted by atomic mass is 16.5. The van der Waals surface area contributed by atoms with Crippen molar-refractivity contribution in [2.24, 2.45) is 0 Å². The summed E-state index contributed by atoms with van der Waals surface area (Å²) < 4.78 is 10.8. The summed E-state index contributed by atoms with van der Waals surface area (Å²) in [5.41, 5.74) is 1.41. The van der Waals surface area contributed by atoms with Gasteiger partial charge in [0.25, 0.3) is 0 Å². The number of nitrogens with zero attached hydrogens (tertiary/aromatic N) is 2. The molecule has 1 saturated heterocycles. The van der Waals surface area contributed by atoms with E-state index in [0.29, 0.717) is 18.1 Å². The molecule has 0 spiro atoms. The van der Waals surface area contributed by atoms with Gasteiger partial charge >= 0.3 is 0 Å². The average molecular weight is 204 g/mol. The van der Waals surface area contributed by atoms with Crippen LogP contribution in [0.1, 0.15) is 17.5 Å². The molecular weight excluding hydrogens is 192 g/mol. The van der Waals surface area contributed by atoms with Gasteiger partial charge in [0.2, 0.25) is 5.88 Å². The number of rotatable bonds is 2. The van der Waals surface area contributed by atoms with E-state index in [1.807, 2.05) is 6.92 Å². The van der Waals surface area contributed by atoms with Gasteiger partial charge in [0.05, 0.1) is 13.2 Å². The molecule has 0 aromatic carbocycles. The summed E-state index contributed by atoms with van der Waals surface area (Å²) in [6.07, 6.45) is 2.55. The maximum Gasteiger partial charge on any atom is 0.232 e. The molecular formula is C11H12N2O2. The number of hydrogen-bond acceptors (Lipinski definition) is 4. The van der Waals surface area contributed by atoms with Crippen molar-refractivity contribution in [3.8, 4) is 11.9 Å². The van der Waals surface area contributed by atoms with E-state index >= 15 is 0 Å². The van der Waals surface area contributed by atoms with Crippen molar-refractivity contribution in [3.63, 3.8) is 0 Å². The van der Waals surface area contributed by atoms with Gasteiger partial charge in [-0.2, -0.15) is 5.26 Å². The van der Waals surface area contributed by atoms with Gasteiger partial charge in [0, 0.05) is 12.6 Å². The van der Waals surface area contributed by atoms with E-state index in [1.54, 1.807) is 12.3 Å². The van der Waals surface area contributed by atoms with E-state index in [2.05, 4.69) is 11.1 Å². The minimum Gasteiger partial charge on any atom is -0.471 e. The molecule has 0 radical (unpaired) electrons. The maximum absolute atomic E-state index is 8.97. The van der Waals surface area contributed by atoms with Crippen LogP contribution in [-0.2, 0) is 4.74 Å².